The van der Waals surface area contributed by atoms with E-state index in [-0.39, 0.29) is 10.6 Å². The third kappa shape index (κ3) is 4.31. The van der Waals surface area contributed by atoms with Crippen LogP contribution in [-0.4, -0.2) is 38.9 Å². The van der Waals surface area contributed by atoms with E-state index >= 15 is 0 Å². The van der Waals surface area contributed by atoms with Gasteiger partial charge in [0.25, 0.3) is 0 Å². The Morgan fingerprint density at radius 2 is 1.81 bits per heavy atom. The molecule has 0 spiro atoms. The molecule has 1 N–H and O–H groups in total. The molecule has 7 heteroatoms. The Labute approximate surface area is 167 Å². The third-order valence-corrected chi connectivity index (χ3v) is 6.68. The molecule has 4 nitrogen and oxygen atoms in total. The SMILES string of the molecule is CN(C)CCc1c(CS(=O)(=O)c2ccc(Cl)cc2)[nH]c2ccc(Br)cc12. The number of sulfone groups is 1. The van der Waals surface area contributed by atoms with Crippen LogP contribution in [0.1, 0.15) is 11.3 Å². The van der Waals surface area contributed by atoms with Crippen LogP contribution in [0.15, 0.2) is 51.8 Å². The van der Waals surface area contributed by atoms with Crippen molar-refractivity contribution in [2.24, 2.45) is 0 Å². The molecule has 0 bridgehead atoms. The van der Waals surface area contributed by atoms with E-state index in [9.17, 15) is 8.42 Å². The highest BCUT2D eigenvalue weighted by atomic mass is 79.9. The molecule has 0 unspecified atom stereocenters. The molecule has 1 aromatic heterocycles. The molecule has 3 rings (SSSR count). The van der Waals surface area contributed by atoms with E-state index in [4.69, 9.17) is 11.6 Å². The summed E-state index contributed by atoms with van der Waals surface area (Å²) in [6.45, 7) is 0.841. The predicted octanol–water partition coefficient (Wildman–Crippen LogP) is 4.66. The molecule has 0 amide bonds. The van der Waals surface area contributed by atoms with Crippen LogP contribution in [-0.2, 0) is 22.0 Å². The predicted molar refractivity (Wildman–Crippen MR) is 111 cm³/mol. The maximum Gasteiger partial charge on any atom is 0.183 e. The van der Waals surface area contributed by atoms with E-state index in [1.54, 1.807) is 24.3 Å². The summed E-state index contributed by atoms with van der Waals surface area (Å²) < 4.78 is 26.7. The van der Waals surface area contributed by atoms with E-state index in [0.29, 0.717) is 5.02 Å². The van der Waals surface area contributed by atoms with Crippen molar-refractivity contribution in [3.05, 3.63) is 63.2 Å². The number of benzene rings is 2. The average Bonchev–Trinajstić information content (AvgIpc) is 2.89. The van der Waals surface area contributed by atoms with Crippen molar-refractivity contribution in [1.29, 1.82) is 0 Å². The zero-order valence-corrected chi connectivity index (χ0v) is 17.7. The molecular formula is C19H20BrClN2O2S. The Hall–Kier alpha value is -1.34. The summed E-state index contributed by atoms with van der Waals surface area (Å²) in [5, 5.41) is 1.58. The minimum absolute atomic E-state index is 0.0658. The van der Waals surface area contributed by atoms with Crippen molar-refractivity contribution in [2.45, 2.75) is 17.1 Å². The number of H-pyrrole nitrogens is 1. The average molecular weight is 456 g/mol. The Morgan fingerprint density at radius 1 is 1.12 bits per heavy atom. The molecule has 0 atom stereocenters. The van der Waals surface area contributed by atoms with Gasteiger partial charge in [0, 0.05) is 32.6 Å². The molecule has 0 aliphatic rings. The highest BCUT2D eigenvalue weighted by molar-refractivity contribution is 9.10. The van der Waals surface area contributed by atoms with Gasteiger partial charge >= 0.3 is 0 Å². The molecule has 0 aliphatic heterocycles. The smallest absolute Gasteiger partial charge is 0.183 e. The number of hydrogen-bond acceptors (Lipinski definition) is 3. The summed E-state index contributed by atoms with van der Waals surface area (Å²) in [4.78, 5) is 5.68. The number of nitrogens with one attached hydrogen (secondary N) is 1. The maximum atomic E-state index is 12.9. The largest absolute Gasteiger partial charge is 0.357 e. The molecule has 138 valence electrons. The van der Waals surface area contributed by atoms with Crippen LogP contribution >= 0.6 is 27.5 Å². The fourth-order valence-corrected chi connectivity index (χ4v) is 4.77. The van der Waals surface area contributed by atoms with Gasteiger partial charge in [-0.2, -0.15) is 0 Å². The van der Waals surface area contributed by atoms with Gasteiger partial charge in [0.2, 0.25) is 0 Å². The van der Waals surface area contributed by atoms with Crippen molar-refractivity contribution >= 4 is 48.3 Å². The Balaban J connectivity index is 2.03. The van der Waals surface area contributed by atoms with Crippen molar-refractivity contribution in [3.63, 3.8) is 0 Å². The van der Waals surface area contributed by atoms with Gasteiger partial charge in [0.15, 0.2) is 9.84 Å². The molecule has 0 aliphatic carbocycles. The molecule has 0 fully saturated rings. The van der Waals surface area contributed by atoms with E-state index in [1.807, 2.05) is 32.3 Å². The fourth-order valence-electron chi connectivity index (χ4n) is 2.94. The van der Waals surface area contributed by atoms with Crippen LogP contribution in [0.3, 0.4) is 0 Å². The number of fused-ring (bicyclic) bond motifs is 1. The molecule has 0 saturated heterocycles. The summed E-state index contributed by atoms with van der Waals surface area (Å²) in [6, 6.07) is 12.3. The van der Waals surface area contributed by atoms with Gasteiger partial charge in [-0.25, -0.2) is 8.42 Å². The number of likely N-dealkylation sites (N-methyl/N-ethyl adjacent to an activating group) is 1. The molecule has 0 radical (unpaired) electrons. The highest BCUT2D eigenvalue weighted by Crippen LogP contribution is 2.29. The first-order valence-electron chi connectivity index (χ1n) is 8.18. The monoisotopic (exact) mass is 454 g/mol. The number of halogens is 2. The number of hydrogen-bond donors (Lipinski definition) is 1. The quantitative estimate of drug-likeness (QED) is 0.588. The van der Waals surface area contributed by atoms with Crippen molar-refractivity contribution in [3.8, 4) is 0 Å². The second-order valence-corrected chi connectivity index (χ2v) is 9.88. The zero-order valence-electron chi connectivity index (χ0n) is 14.6. The van der Waals surface area contributed by atoms with Gasteiger partial charge in [-0.05, 0) is 68.5 Å². The van der Waals surface area contributed by atoms with Crippen LogP contribution in [0.2, 0.25) is 5.02 Å². The first-order valence-corrected chi connectivity index (χ1v) is 11.0. The normalized spacial score (nSPS) is 12.2. The van der Waals surface area contributed by atoms with Crippen LogP contribution < -0.4 is 0 Å². The fraction of sp³-hybridized carbons (Fsp3) is 0.263. The van der Waals surface area contributed by atoms with Crippen molar-refractivity contribution < 1.29 is 8.42 Å². The lowest BCUT2D eigenvalue weighted by atomic mass is 10.1. The first kappa shape index (κ1) is 19.4. The molecule has 1 heterocycles. The summed E-state index contributed by atoms with van der Waals surface area (Å²) in [7, 11) is 0.553. The molecule has 26 heavy (non-hydrogen) atoms. The van der Waals surface area contributed by atoms with Gasteiger partial charge in [0.1, 0.15) is 0 Å². The lowest BCUT2D eigenvalue weighted by molar-refractivity contribution is 0.414. The number of nitrogens with zero attached hydrogens (tertiary/aromatic N) is 1. The Bertz CT molecular complexity index is 1030. The molecule has 3 aromatic rings. The Kier molecular flexibility index (Phi) is 5.77. The van der Waals surface area contributed by atoms with Gasteiger partial charge in [-0.1, -0.05) is 27.5 Å². The molecule has 0 saturated carbocycles. The van der Waals surface area contributed by atoms with Crippen LogP contribution in [0.25, 0.3) is 10.9 Å². The summed E-state index contributed by atoms with van der Waals surface area (Å²) in [5.74, 6) is -0.0658. The first-order chi connectivity index (χ1) is 12.3. The Morgan fingerprint density at radius 3 is 2.46 bits per heavy atom. The van der Waals surface area contributed by atoms with Gasteiger partial charge in [-0.15, -0.1) is 0 Å². The standard InChI is InChI=1S/C19H20BrClN2O2S/c1-23(2)10-9-16-17-11-13(20)3-8-18(17)22-19(16)12-26(24,25)15-6-4-14(21)5-7-15/h3-8,11,22H,9-10,12H2,1-2H3. The molecule has 2 aromatic carbocycles. The van der Waals surface area contributed by atoms with Crippen LogP contribution in [0, 0.1) is 0 Å². The second-order valence-electron chi connectivity index (χ2n) is 6.54. The van der Waals surface area contributed by atoms with E-state index in [0.717, 1.165) is 39.6 Å². The van der Waals surface area contributed by atoms with Crippen LogP contribution in [0.5, 0.6) is 0 Å². The highest BCUT2D eigenvalue weighted by Gasteiger charge is 2.21. The molecular weight excluding hydrogens is 436 g/mol. The summed E-state index contributed by atoms with van der Waals surface area (Å²) in [5.41, 5.74) is 2.74. The van der Waals surface area contributed by atoms with E-state index in [2.05, 4.69) is 25.8 Å². The number of aromatic amines is 1. The number of aromatic nitrogens is 1. The lowest BCUT2D eigenvalue weighted by Crippen LogP contribution is -2.16. The van der Waals surface area contributed by atoms with Gasteiger partial charge in [-0.3, -0.25) is 0 Å². The van der Waals surface area contributed by atoms with E-state index < -0.39 is 9.84 Å². The van der Waals surface area contributed by atoms with Crippen molar-refractivity contribution in [2.75, 3.05) is 20.6 Å². The van der Waals surface area contributed by atoms with E-state index in [1.165, 1.54) is 0 Å². The van der Waals surface area contributed by atoms with Gasteiger partial charge < -0.3 is 9.88 Å². The second kappa shape index (κ2) is 7.72. The minimum atomic E-state index is -3.46. The summed E-state index contributed by atoms with van der Waals surface area (Å²) in [6.07, 6.45) is 0.773. The summed E-state index contributed by atoms with van der Waals surface area (Å²) >= 11 is 9.38. The number of rotatable bonds is 6. The van der Waals surface area contributed by atoms with Crippen LogP contribution in [0.4, 0.5) is 0 Å². The van der Waals surface area contributed by atoms with Gasteiger partial charge in [0.05, 0.1) is 10.6 Å². The maximum absolute atomic E-state index is 12.9. The minimum Gasteiger partial charge on any atom is -0.357 e. The topological polar surface area (TPSA) is 53.2 Å². The van der Waals surface area contributed by atoms with Crippen molar-refractivity contribution in [1.82, 2.24) is 9.88 Å². The lowest BCUT2D eigenvalue weighted by Gasteiger charge is -2.11. The zero-order chi connectivity index (χ0) is 18.9. The third-order valence-electron chi connectivity index (χ3n) is 4.27.